The van der Waals surface area contributed by atoms with Crippen molar-refractivity contribution in [3.05, 3.63) is 53.4 Å². The minimum Gasteiger partial charge on any atom is -0.348 e. The first-order chi connectivity index (χ1) is 11.6. The largest absolute Gasteiger partial charge is 0.348 e. The van der Waals surface area contributed by atoms with Crippen molar-refractivity contribution in [3.63, 3.8) is 0 Å². The Morgan fingerprint density at radius 3 is 2.96 bits per heavy atom. The van der Waals surface area contributed by atoms with E-state index >= 15 is 0 Å². The van der Waals surface area contributed by atoms with Gasteiger partial charge in [-0.2, -0.15) is 0 Å². The molecule has 6 heteroatoms. The molecular formula is C18H21N5O. The van der Waals surface area contributed by atoms with Crippen molar-refractivity contribution in [1.82, 2.24) is 24.8 Å². The maximum absolute atomic E-state index is 12.4. The Bertz CT molecular complexity index is 884. The maximum Gasteiger partial charge on any atom is 0.254 e. The molecule has 0 saturated carbocycles. The van der Waals surface area contributed by atoms with E-state index in [1.165, 1.54) is 6.33 Å². The molecule has 1 aromatic carbocycles. The summed E-state index contributed by atoms with van der Waals surface area (Å²) in [5.41, 5.74) is 4.39. The number of nitrogens with zero attached hydrogens (tertiary/aromatic N) is 4. The van der Waals surface area contributed by atoms with Crippen molar-refractivity contribution in [2.75, 3.05) is 0 Å². The van der Waals surface area contributed by atoms with Crippen molar-refractivity contribution in [3.8, 4) is 0 Å². The first-order valence-corrected chi connectivity index (χ1v) is 8.09. The van der Waals surface area contributed by atoms with E-state index in [1.54, 1.807) is 6.20 Å². The van der Waals surface area contributed by atoms with E-state index in [0.717, 1.165) is 41.0 Å². The minimum atomic E-state index is -0.142. The summed E-state index contributed by atoms with van der Waals surface area (Å²) in [7, 11) is 2.00. The second kappa shape index (κ2) is 6.78. The zero-order chi connectivity index (χ0) is 17.1. The monoisotopic (exact) mass is 323 g/mol. The SMILES string of the molecule is CCCc1ncncc1C(=O)NCc1ccc2c(c1)nc(C)n2C. The fourth-order valence-electron chi connectivity index (χ4n) is 2.73. The van der Waals surface area contributed by atoms with Crippen LogP contribution in [-0.2, 0) is 20.0 Å². The molecular weight excluding hydrogens is 302 g/mol. The lowest BCUT2D eigenvalue weighted by atomic mass is 10.1. The number of aryl methyl sites for hydroxylation is 3. The molecule has 0 bridgehead atoms. The van der Waals surface area contributed by atoms with Crippen LogP contribution in [0.4, 0.5) is 0 Å². The number of carbonyl (C=O) groups is 1. The van der Waals surface area contributed by atoms with E-state index in [9.17, 15) is 4.79 Å². The fraction of sp³-hybridized carbons (Fsp3) is 0.333. The van der Waals surface area contributed by atoms with Gasteiger partial charge < -0.3 is 9.88 Å². The molecule has 0 aliphatic carbocycles. The Labute approximate surface area is 141 Å². The molecule has 0 saturated heterocycles. The van der Waals surface area contributed by atoms with Gasteiger partial charge in [-0.05, 0) is 31.0 Å². The molecule has 124 valence electrons. The molecule has 24 heavy (non-hydrogen) atoms. The number of hydrogen-bond acceptors (Lipinski definition) is 4. The molecule has 0 aliphatic heterocycles. The number of amides is 1. The molecule has 6 nitrogen and oxygen atoms in total. The molecule has 0 spiro atoms. The van der Waals surface area contributed by atoms with Crippen LogP contribution in [0.15, 0.2) is 30.7 Å². The first-order valence-electron chi connectivity index (χ1n) is 8.09. The van der Waals surface area contributed by atoms with Crippen LogP contribution < -0.4 is 5.32 Å². The summed E-state index contributed by atoms with van der Waals surface area (Å²) in [5.74, 6) is 0.827. The third kappa shape index (κ3) is 3.13. The summed E-state index contributed by atoms with van der Waals surface area (Å²) in [6.07, 6.45) is 4.77. The Morgan fingerprint density at radius 2 is 2.17 bits per heavy atom. The summed E-state index contributed by atoms with van der Waals surface area (Å²) in [6.45, 7) is 4.49. The summed E-state index contributed by atoms with van der Waals surface area (Å²) < 4.78 is 2.05. The number of benzene rings is 1. The zero-order valence-corrected chi connectivity index (χ0v) is 14.2. The summed E-state index contributed by atoms with van der Waals surface area (Å²) >= 11 is 0. The van der Waals surface area contributed by atoms with Crippen molar-refractivity contribution in [1.29, 1.82) is 0 Å². The van der Waals surface area contributed by atoms with Crippen LogP contribution in [-0.4, -0.2) is 25.4 Å². The van der Waals surface area contributed by atoms with Crippen molar-refractivity contribution in [2.24, 2.45) is 7.05 Å². The number of hydrogen-bond donors (Lipinski definition) is 1. The number of rotatable bonds is 5. The van der Waals surface area contributed by atoms with E-state index in [1.807, 2.05) is 32.2 Å². The van der Waals surface area contributed by atoms with Gasteiger partial charge in [-0.15, -0.1) is 0 Å². The van der Waals surface area contributed by atoms with Crippen LogP contribution in [0.3, 0.4) is 0 Å². The third-order valence-corrected chi connectivity index (χ3v) is 4.15. The van der Waals surface area contributed by atoms with Gasteiger partial charge in [-0.25, -0.2) is 15.0 Å². The van der Waals surface area contributed by atoms with Gasteiger partial charge in [-0.1, -0.05) is 19.4 Å². The average Bonchev–Trinajstić information content (AvgIpc) is 2.87. The van der Waals surface area contributed by atoms with E-state index in [4.69, 9.17) is 0 Å². The lowest BCUT2D eigenvalue weighted by Crippen LogP contribution is -2.24. The topological polar surface area (TPSA) is 72.7 Å². The van der Waals surface area contributed by atoms with Gasteiger partial charge in [0.2, 0.25) is 0 Å². The van der Waals surface area contributed by atoms with Gasteiger partial charge >= 0.3 is 0 Å². The minimum absolute atomic E-state index is 0.142. The Morgan fingerprint density at radius 1 is 1.33 bits per heavy atom. The fourth-order valence-corrected chi connectivity index (χ4v) is 2.73. The van der Waals surface area contributed by atoms with Gasteiger partial charge in [0, 0.05) is 19.8 Å². The van der Waals surface area contributed by atoms with Crippen LogP contribution in [0.5, 0.6) is 0 Å². The number of nitrogens with one attached hydrogen (secondary N) is 1. The highest BCUT2D eigenvalue weighted by Gasteiger charge is 2.12. The molecule has 0 unspecified atom stereocenters. The Hall–Kier alpha value is -2.76. The van der Waals surface area contributed by atoms with Crippen LogP contribution in [0.2, 0.25) is 0 Å². The highest BCUT2D eigenvalue weighted by Crippen LogP contribution is 2.16. The number of fused-ring (bicyclic) bond motifs is 1. The normalized spacial score (nSPS) is 11.0. The molecule has 0 fully saturated rings. The molecule has 3 aromatic rings. The number of imidazole rings is 1. The highest BCUT2D eigenvalue weighted by atomic mass is 16.1. The zero-order valence-electron chi connectivity index (χ0n) is 14.2. The van der Waals surface area contributed by atoms with E-state index in [-0.39, 0.29) is 5.91 Å². The highest BCUT2D eigenvalue weighted by molar-refractivity contribution is 5.94. The van der Waals surface area contributed by atoms with Gasteiger partial charge in [0.25, 0.3) is 5.91 Å². The second-order valence-electron chi connectivity index (χ2n) is 5.86. The molecule has 1 N–H and O–H groups in total. The number of aromatic nitrogens is 4. The van der Waals surface area contributed by atoms with E-state index in [2.05, 4.69) is 31.8 Å². The molecule has 0 aliphatic rings. The molecule has 3 rings (SSSR count). The summed E-state index contributed by atoms with van der Waals surface area (Å²) in [6, 6.07) is 6.06. The smallest absolute Gasteiger partial charge is 0.254 e. The lowest BCUT2D eigenvalue weighted by Gasteiger charge is -2.08. The van der Waals surface area contributed by atoms with Crippen LogP contribution in [0, 0.1) is 6.92 Å². The quantitative estimate of drug-likeness (QED) is 0.783. The predicted octanol–water partition coefficient (Wildman–Crippen LogP) is 2.55. The van der Waals surface area contributed by atoms with Gasteiger partial charge in [0.05, 0.1) is 22.3 Å². The molecule has 2 heterocycles. The van der Waals surface area contributed by atoms with Crippen molar-refractivity contribution in [2.45, 2.75) is 33.2 Å². The maximum atomic E-state index is 12.4. The van der Waals surface area contributed by atoms with E-state index < -0.39 is 0 Å². The molecule has 0 atom stereocenters. The molecule has 0 radical (unpaired) electrons. The number of carbonyl (C=O) groups excluding carboxylic acids is 1. The van der Waals surface area contributed by atoms with Crippen LogP contribution in [0.1, 0.15) is 40.8 Å². The van der Waals surface area contributed by atoms with Crippen LogP contribution >= 0.6 is 0 Å². The van der Waals surface area contributed by atoms with Crippen molar-refractivity contribution < 1.29 is 4.79 Å². The van der Waals surface area contributed by atoms with Gasteiger partial charge in [0.15, 0.2) is 0 Å². The molecule has 2 aromatic heterocycles. The predicted molar refractivity (Wildman–Crippen MR) is 92.6 cm³/mol. The Kier molecular flexibility index (Phi) is 4.55. The third-order valence-electron chi connectivity index (χ3n) is 4.15. The van der Waals surface area contributed by atoms with Crippen LogP contribution in [0.25, 0.3) is 11.0 Å². The Balaban J connectivity index is 1.75. The van der Waals surface area contributed by atoms with Gasteiger partial charge in [0.1, 0.15) is 12.2 Å². The summed E-state index contributed by atoms with van der Waals surface area (Å²) in [5, 5.41) is 2.95. The molecule has 1 amide bonds. The standard InChI is InChI=1S/C18H21N5O/c1-4-5-15-14(10-19-11-21-15)18(24)20-9-13-6-7-17-16(8-13)22-12(2)23(17)3/h6-8,10-11H,4-5,9H2,1-3H3,(H,20,24). The average molecular weight is 323 g/mol. The lowest BCUT2D eigenvalue weighted by molar-refractivity contribution is 0.0949. The first kappa shape index (κ1) is 16.1. The van der Waals surface area contributed by atoms with E-state index in [0.29, 0.717) is 12.1 Å². The summed E-state index contributed by atoms with van der Waals surface area (Å²) in [4.78, 5) is 25.1. The van der Waals surface area contributed by atoms with Crippen molar-refractivity contribution >= 4 is 16.9 Å². The second-order valence-corrected chi connectivity index (χ2v) is 5.86. The van der Waals surface area contributed by atoms with Gasteiger partial charge in [-0.3, -0.25) is 4.79 Å².